The smallest absolute Gasteiger partial charge is 0.283 e. The zero-order valence-corrected chi connectivity index (χ0v) is 17.9. The molecule has 148 valence electrons. The standard InChI is InChI=1S/C20H18ClN5O2S/c1-10-7-13(11(2)25(10)14-5-6-17(28-4)16(21)9-14)8-15-18(22)26-20(23-19(15)27)29-12(3)24-26/h5-9,22H,1-4H3/b15-8+,22-18?. The maximum Gasteiger partial charge on any atom is 0.283 e. The van der Waals surface area contributed by atoms with E-state index in [1.54, 1.807) is 13.2 Å². The molecule has 9 heteroatoms. The molecule has 7 nitrogen and oxygen atoms in total. The minimum Gasteiger partial charge on any atom is -0.495 e. The summed E-state index contributed by atoms with van der Waals surface area (Å²) in [6, 6.07) is 7.54. The number of aliphatic imine (C=N–C) groups is 1. The number of thioether (sulfide) groups is 1. The van der Waals surface area contributed by atoms with E-state index in [2.05, 4.69) is 10.1 Å². The maximum absolute atomic E-state index is 12.5. The molecular weight excluding hydrogens is 410 g/mol. The van der Waals surface area contributed by atoms with Crippen LogP contribution in [-0.2, 0) is 4.79 Å². The highest BCUT2D eigenvalue weighted by Crippen LogP contribution is 2.31. The number of amidine groups is 2. The van der Waals surface area contributed by atoms with Gasteiger partial charge in [-0.1, -0.05) is 11.6 Å². The largest absolute Gasteiger partial charge is 0.495 e. The van der Waals surface area contributed by atoms with Gasteiger partial charge in [0.2, 0.25) is 5.17 Å². The van der Waals surface area contributed by atoms with Gasteiger partial charge in [0.25, 0.3) is 5.91 Å². The van der Waals surface area contributed by atoms with Crippen LogP contribution in [0.5, 0.6) is 5.75 Å². The van der Waals surface area contributed by atoms with E-state index in [1.165, 1.54) is 16.8 Å². The van der Waals surface area contributed by atoms with Crippen LogP contribution >= 0.6 is 23.4 Å². The lowest BCUT2D eigenvalue weighted by atomic mass is 10.1. The topological polar surface area (TPSA) is 83.0 Å². The summed E-state index contributed by atoms with van der Waals surface area (Å²) in [6.45, 7) is 5.75. The summed E-state index contributed by atoms with van der Waals surface area (Å²) < 4.78 is 7.27. The van der Waals surface area contributed by atoms with E-state index in [0.717, 1.165) is 27.7 Å². The van der Waals surface area contributed by atoms with Crippen molar-refractivity contribution in [3.05, 3.63) is 51.8 Å². The van der Waals surface area contributed by atoms with Gasteiger partial charge in [-0.2, -0.15) is 15.1 Å². The Morgan fingerprint density at radius 1 is 1.24 bits per heavy atom. The number of amides is 1. The van der Waals surface area contributed by atoms with Crippen LogP contribution < -0.4 is 4.74 Å². The summed E-state index contributed by atoms with van der Waals surface area (Å²) in [4.78, 5) is 16.6. The molecule has 3 heterocycles. The van der Waals surface area contributed by atoms with Crippen molar-refractivity contribution in [1.82, 2.24) is 9.58 Å². The SMILES string of the molecule is COc1ccc(-n2c(C)cc(/C=C3\C(=N)N4N=C(C)SC4=NC3=O)c2C)cc1Cl. The molecule has 0 saturated heterocycles. The molecule has 0 spiro atoms. The van der Waals surface area contributed by atoms with Gasteiger partial charge in [0.05, 0.1) is 22.7 Å². The van der Waals surface area contributed by atoms with E-state index in [-0.39, 0.29) is 11.4 Å². The van der Waals surface area contributed by atoms with Crippen LogP contribution in [0.3, 0.4) is 0 Å². The third kappa shape index (κ3) is 3.28. The number of carbonyl (C=O) groups is 1. The summed E-state index contributed by atoms with van der Waals surface area (Å²) in [5.41, 5.74) is 3.81. The Hall–Kier alpha value is -2.84. The molecular formula is C20H18ClN5O2S. The molecule has 4 rings (SSSR count). The summed E-state index contributed by atoms with van der Waals surface area (Å²) in [7, 11) is 1.58. The number of methoxy groups -OCH3 is 1. The number of hydrogen-bond acceptors (Lipinski definition) is 5. The Morgan fingerprint density at radius 2 is 2.00 bits per heavy atom. The van der Waals surface area contributed by atoms with Crippen molar-refractivity contribution in [3.63, 3.8) is 0 Å². The van der Waals surface area contributed by atoms with Crippen LogP contribution in [0.15, 0.2) is 39.9 Å². The molecule has 2 aromatic rings. The molecule has 0 aliphatic carbocycles. The number of fused-ring (bicyclic) bond motifs is 1. The highest BCUT2D eigenvalue weighted by molar-refractivity contribution is 8.26. The number of nitrogens with one attached hydrogen (secondary N) is 1. The number of benzene rings is 1. The van der Waals surface area contributed by atoms with Gasteiger partial charge in [0.1, 0.15) is 5.75 Å². The van der Waals surface area contributed by atoms with Crippen molar-refractivity contribution in [3.8, 4) is 11.4 Å². The monoisotopic (exact) mass is 427 g/mol. The summed E-state index contributed by atoms with van der Waals surface area (Å²) in [5.74, 6) is 0.201. The maximum atomic E-state index is 12.5. The fraction of sp³-hybridized carbons (Fsp3) is 0.200. The normalized spacial score (nSPS) is 17.6. The molecule has 2 aliphatic heterocycles. The first-order chi connectivity index (χ1) is 13.8. The predicted octanol–water partition coefficient (Wildman–Crippen LogP) is 4.40. The van der Waals surface area contributed by atoms with Crippen molar-refractivity contribution < 1.29 is 9.53 Å². The highest BCUT2D eigenvalue weighted by atomic mass is 35.5. The zero-order valence-electron chi connectivity index (χ0n) is 16.3. The van der Waals surface area contributed by atoms with E-state index in [4.69, 9.17) is 21.7 Å². The van der Waals surface area contributed by atoms with Crippen LogP contribution in [0, 0.1) is 19.3 Å². The van der Waals surface area contributed by atoms with Crippen LogP contribution in [0.4, 0.5) is 0 Å². The van der Waals surface area contributed by atoms with Gasteiger partial charge in [0, 0.05) is 17.1 Å². The van der Waals surface area contributed by atoms with Gasteiger partial charge in [0.15, 0.2) is 5.84 Å². The summed E-state index contributed by atoms with van der Waals surface area (Å²) in [6.07, 6.45) is 1.70. The van der Waals surface area contributed by atoms with Crippen molar-refractivity contribution in [2.45, 2.75) is 20.8 Å². The van der Waals surface area contributed by atoms with Gasteiger partial charge in [-0.3, -0.25) is 10.2 Å². The number of nitrogens with zero attached hydrogens (tertiary/aromatic N) is 4. The lowest BCUT2D eigenvalue weighted by Gasteiger charge is -2.20. The number of rotatable bonds is 3. The number of aryl methyl sites for hydroxylation is 1. The first-order valence-corrected chi connectivity index (χ1v) is 9.99. The number of hydrogen-bond donors (Lipinski definition) is 1. The third-order valence-electron chi connectivity index (χ3n) is 4.72. The van der Waals surface area contributed by atoms with Crippen LogP contribution in [0.25, 0.3) is 11.8 Å². The highest BCUT2D eigenvalue weighted by Gasteiger charge is 2.34. The Kier molecular flexibility index (Phi) is 4.84. The second-order valence-electron chi connectivity index (χ2n) is 6.62. The average Bonchev–Trinajstić information content (AvgIpc) is 3.17. The molecule has 2 aliphatic rings. The van der Waals surface area contributed by atoms with Crippen molar-refractivity contribution in [2.75, 3.05) is 7.11 Å². The number of aromatic nitrogens is 1. The molecule has 0 saturated carbocycles. The second-order valence-corrected chi connectivity index (χ2v) is 8.19. The fourth-order valence-electron chi connectivity index (χ4n) is 3.37. The van der Waals surface area contributed by atoms with E-state index < -0.39 is 5.91 Å². The molecule has 0 bridgehead atoms. The number of ether oxygens (including phenoxy) is 1. The Morgan fingerprint density at radius 3 is 2.69 bits per heavy atom. The molecule has 1 amide bonds. The summed E-state index contributed by atoms with van der Waals surface area (Å²) in [5, 5.41) is 15.8. The lowest BCUT2D eigenvalue weighted by molar-refractivity contribution is -0.114. The number of halogens is 1. The molecule has 29 heavy (non-hydrogen) atoms. The molecule has 0 radical (unpaired) electrons. The van der Waals surface area contributed by atoms with Crippen molar-refractivity contribution >= 4 is 51.4 Å². The minimum absolute atomic E-state index is 0.0293. The number of hydrazone groups is 1. The number of carbonyl (C=O) groups excluding carboxylic acids is 1. The van der Waals surface area contributed by atoms with Gasteiger partial charge >= 0.3 is 0 Å². The van der Waals surface area contributed by atoms with Crippen LogP contribution in [0.1, 0.15) is 23.9 Å². The van der Waals surface area contributed by atoms with Gasteiger partial charge in [-0.05, 0) is 68.4 Å². The molecule has 1 N–H and O–H groups in total. The Balaban J connectivity index is 1.76. The van der Waals surface area contributed by atoms with E-state index in [0.29, 0.717) is 15.9 Å². The molecule has 1 aromatic carbocycles. The molecule has 1 aromatic heterocycles. The third-order valence-corrected chi connectivity index (χ3v) is 5.84. The first-order valence-electron chi connectivity index (χ1n) is 8.80. The van der Waals surface area contributed by atoms with Gasteiger partial charge in [-0.15, -0.1) is 0 Å². The molecule has 0 fully saturated rings. The van der Waals surface area contributed by atoms with Crippen LogP contribution in [-0.4, -0.2) is 38.6 Å². The van der Waals surface area contributed by atoms with E-state index in [9.17, 15) is 4.79 Å². The summed E-state index contributed by atoms with van der Waals surface area (Å²) >= 11 is 7.58. The van der Waals surface area contributed by atoms with E-state index in [1.807, 2.05) is 49.6 Å². The second kappa shape index (κ2) is 7.20. The van der Waals surface area contributed by atoms with Gasteiger partial charge < -0.3 is 9.30 Å². The van der Waals surface area contributed by atoms with Gasteiger partial charge in [-0.25, -0.2) is 0 Å². The van der Waals surface area contributed by atoms with Crippen LogP contribution in [0.2, 0.25) is 5.02 Å². The average molecular weight is 428 g/mol. The van der Waals surface area contributed by atoms with Crippen molar-refractivity contribution in [2.24, 2.45) is 10.1 Å². The minimum atomic E-state index is -0.434. The quantitative estimate of drug-likeness (QED) is 0.736. The Bertz CT molecular complexity index is 1160. The Labute approximate surface area is 177 Å². The first kappa shape index (κ1) is 19.5. The molecule has 0 unspecified atom stereocenters. The van der Waals surface area contributed by atoms with Crippen molar-refractivity contribution in [1.29, 1.82) is 5.41 Å². The zero-order chi connectivity index (χ0) is 20.9. The lowest BCUT2D eigenvalue weighted by Crippen LogP contribution is -2.35. The van der Waals surface area contributed by atoms with E-state index >= 15 is 0 Å². The molecule has 0 atom stereocenters. The predicted molar refractivity (Wildman–Crippen MR) is 117 cm³/mol. The fourth-order valence-corrected chi connectivity index (χ4v) is 4.35.